The first kappa shape index (κ1) is 6.81. The summed E-state index contributed by atoms with van der Waals surface area (Å²) in [5.74, 6) is 0. The fourth-order valence-electron chi connectivity index (χ4n) is 2.62. The normalized spacial score (nSPS) is 51.8. The maximum Gasteiger partial charge on any atom is 0.148 e. The van der Waals surface area contributed by atoms with E-state index in [4.69, 9.17) is 12.4 Å². The summed E-state index contributed by atoms with van der Waals surface area (Å²) < 4.78 is 79.8. The van der Waals surface area contributed by atoms with Crippen LogP contribution in [0.1, 0.15) is 29.3 Å². The molecule has 1 aromatic heterocycles. The van der Waals surface area contributed by atoms with E-state index in [2.05, 4.69) is 10.4 Å². The van der Waals surface area contributed by atoms with Gasteiger partial charge in [-0.15, -0.1) is 0 Å². The predicted octanol–water partition coefficient (Wildman–Crippen LogP) is 0.0174. The molecule has 21 heavy (non-hydrogen) atoms. The van der Waals surface area contributed by atoms with Gasteiger partial charge in [0.05, 0.1) is 15.0 Å². The van der Waals surface area contributed by atoms with Gasteiger partial charge in [-0.05, 0) is 18.3 Å². The fraction of sp³-hybridized carbons (Fsp3) is 0.667. The maximum atomic E-state index is 9.12. The Morgan fingerprint density at radius 1 is 1.43 bits per heavy atom. The third kappa shape index (κ3) is 2.47. The molecule has 0 amide bonds. The highest BCUT2D eigenvalue weighted by molar-refractivity contribution is 5.65. The van der Waals surface area contributed by atoms with Crippen molar-refractivity contribution in [2.24, 2.45) is 7.05 Å². The Hall–Kier alpha value is -1.37. The van der Waals surface area contributed by atoms with Crippen molar-refractivity contribution in [1.82, 2.24) is 30.4 Å². The summed E-state index contributed by atoms with van der Waals surface area (Å²) in [7, 11) is 1.62. The molecule has 2 fully saturated rings. The van der Waals surface area contributed by atoms with Gasteiger partial charge in [0.2, 0.25) is 0 Å². The molecule has 2 saturated heterocycles. The van der Waals surface area contributed by atoms with Crippen LogP contribution in [0.25, 0.3) is 5.57 Å². The van der Waals surface area contributed by atoms with Gasteiger partial charge in [0, 0.05) is 71.9 Å². The van der Waals surface area contributed by atoms with Crippen molar-refractivity contribution in [3.8, 4) is 0 Å². The highest BCUT2D eigenvalue weighted by atomic mass is 15.6. The van der Waals surface area contributed by atoms with Crippen LogP contribution in [0.15, 0.2) is 18.6 Å². The number of nitrogens with zero attached hydrogens (tertiary/aromatic N) is 4. The van der Waals surface area contributed by atoms with Crippen LogP contribution in [0.5, 0.6) is 0 Å². The van der Waals surface area contributed by atoms with Crippen molar-refractivity contribution < 1.29 is 12.4 Å². The minimum atomic E-state index is -3.06. The predicted molar refractivity (Wildman–Crippen MR) is 82.3 cm³/mol. The van der Waals surface area contributed by atoms with E-state index < -0.39 is 31.3 Å². The monoisotopic (exact) mass is 297 g/mol. The highest BCUT2D eigenvalue weighted by Gasteiger charge is 2.38. The summed E-state index contributed by atoms with van der Waals surface area (Å²) >= 11 is 0. The zero-order valence-electron chi connectivity index (χ0n) is 20.8. The number of rotatable bonds is 2. The van der Waals surface area contributed by atoms with E-state index in [0.717, 1.165) is 11.2 Å². The summed E-state index contributed by atoms with van der Waals surface area (Å²) in [6, 6.07) is -5.37. The van der Waals surface area contributed by atoms with Crippen LogP contribution in [0.3, 0.4) is 0 Å². The topological polar surface area (TPSA) is 48.4 Å². The average Bonchev–Trinajstić information content (AvgIpc) is 3.15. The Kier molecular flexibility index (Phi) is 1.76. The molecule has 3 aliphatic rings. The van der Waals surface area contributed by atoms with Crippen LogP contribution >= 0.6 is 0 Å². The molecule has 0 spiro atoms. The second kappa shape index (κ2) is 5.44. The van der Waals surface area contributed by atoms with E-state index >= 15 is 0 Å². The molecule has 114 valence electrons. The van der Waals surface area contributed by atoms with E-state index in [1.165, 1.54) is 22.0 Å². The quantitative estimate of drug-likeness (QED) is 0.806. The van der Waals surface area contributed by atoms with Gasteiger partial charge in [-0.2, -0.15) is 5.10 Å². The third-order valence-corrected chi connectivity index (χ3v) is 3.73. The van der Waals surface area contributed by atoms with E-state index in [0.29, 0.717) is 18.5 Å². The fourth-order valence-corrected chi connectivity index (χ4v) is 2.62. The Balaban J connectivity index is 1.97. The van der Waals surface area contributed by atoms with Gasteiger partial charge in [0.25, 0.3) is 0 Å². The van der Waals surface area contributed by atoms with Crippen LogP contribution in [-0.4, -0.2) is 64.4 Å². The number of fused-ring (bicyclic) bond motifs is 1. The number of hydrogen-bond acceptors (Lipinski definition) is 5. The van der Waals surface area contributed by atoms with Crippen molar-refractivity contribution in [2.75, 3.05) is 32.7 Å². The minimum absolute atomic E-state index is 0.166. The van der Waals surface area contributed by atoms with Gasteiger partial charge in [0.15, 0.2) is 0 Å². The molecule has 4 rings (SSSR count). The van der Waals surface area contributed by atoms with Crippen molar-refractivity contribution in [3.05, 3.63) is 24.2 Å². The summed E-state index contributed by atoms with van der Waals surface area (Å²) in [5, 5.41) is 7.79. The van der Waals surface area contributed by atoms with Crippen LogP contribution in [-0.2, 0) is 7.05 Å². The van der Waals surface area contributed by atoms with Crippen LogP contribution in [0.2, 0.25) is 1.41 Å². The summed E-state index contributed by atoms with van der Waals surface area (Å²) in [6.07, 6.45) is -1.90. The molecule has 2 unspecified atom stereocenters. The SMILES string of the molecule is [2H]N1N2C=C(c3cnn(C)c3)C([2H])([2H])C([2H])([2H])C2([2H])C([2H])(N2CCNCC2)C1([2H])[2H]. The lowest BCUT2D eigenvalue weighted by atomic mass is 9.94. The molecule has 1 aromatic rings. The largest absolute Gasteiger partial charge is 0.314 e. The summed E-state index contributed by atoms with van der Waals surface area (Å²) in [4.78, 5) is 1.34. The van der Waals surface area contributed by atoms with Crippen LogP contribution < -0.4 is 10.7 Å². The van der Waals surface area contributed by atoms with E-state index in [1.807, 2.05) is 0 Å². The molecule has 0 bridgehead atoms. The summed E-state index contributed by atoms with van der Waals surface area (Å²) in [5.41, 5.74) is 0.395. The second-order valence-electron chi connectivity index (χ2n) is 5.19. The average molecular weight is 297 g/mol. The maximum absolute atomic E-state index is 9.12. The van der Waals surface area contributed by atoms with Crippen molar-refractivity contribution in [2.45, 2.75) is 24.8 Å². The van der Waals surface area contributed by atoms with Crippen LogP contribution in [0.4, 0.5) is 0 Å². The molecule has 2 atom stereocenters. The Morgan fingerprint density at radius 3 is 3.05 bits per heavy atom. The molecule has 0 aromatic carbocycles. The highest BCUT2D eigenvalue weighted by Crippen LogP contribution is 2.32. The first-order chi connectivity index (χ1) is 13.7. The lowest BCUT2D eigenvalue weighted by molar-refractivity contribution is 0.136. The van der Waals surface area contributed by atoms with Gasteiger partial charge < -0.3 is 10.3 Å². The zero-order valence-corrected chi connectivity index (χ0v) is 11.8. The molecule has 0 aliphatic carbocycles. The van der Waals surface area contributed by atoms with Gasteiger partial charge in [-0.3, -0.25) is 9.58 Å². The van der Waals surface area contributed by atoms with E-state index in [9.17, 15) is 0 Å². The molecule has 3 aliphatic heterocycles. The van der Waals surface area contributed by atoms with Gasteiger partial charge >= 0.3 is 0 Å². The number of piperazine rings is 1. The van der Waals surface area contributed by atoms with Crippen LogP contribution in [0, 0.1) is 0 Å². The molecule has 0 saturated carbocycles. The second-order valence-corrected chi connectivity index (χ2v) is 5.19. The lowest BCUT2D eigenvalue weighted by Crippen LogP contribution is -2.53. The standard InChI is InChI=1S/C15H24N6/c1-19-10-13(8-17-19)12-2-3-14-15(9-18-21(14)11-12)20-6-4-16-5-7-20/h8,10-11,14-16,18H,2-7,9H2,1H3/i2D2,3D2,9D2,14D,15D/hD. The number of hydrogen-bond donors (Lipinski definition) is 2. The smallest absolute Gasteiger partial charge is 0.148 e. The molecular formula is C15H24N6. The van der Waals surface area contributed by atoms with E-state index in [1.54, 1.807) is 7.05 Å². The van der Waals surface area contributed by atoms with Gasteiger partial charge in [-0.25, -0.2) is 5.42 Å². The third-order valence-electron chi connectivity index (χ3n) is 3.73. The van der Waals surface area contributed by atoms with Crippen molar-refractivity contribution >= 4 is 5.57 Å². The van der Waals surface area contributed by atoms with Crippen molar-refractivity contribution in [3.63, 3.8) is 0 Å². The van der Waals surface area contributed by atoms with Gasteiger partial charge in [-0.1, -0.05) is 0 Å². The number of aromatic nitrogens is 2. The Morgan fingerprint density at radius 2 is 2.29 bits per heavy atom. The number of allylic oxidation sites excluding steroid dienone is 1. The zero-order chi connectivity index (χ0) is 22.3. The molecule has 6 heteroatoms. The number of nitrogens with one attached hydrogen (secondary N) is 2. The lowest BCUT2D eigenvalue weighted by Gasteiger charge is -2.38. The summed E-state index contributed by atoms with van der Waals surface area (Å²) in [6.45, 7) is -1.63. The first-order valence-electron chi connectivity index (χ1n) is 11.4. The molecule has 2 N–H and O–H groups in total. The van der Waals surface area contributed by atoms with Crippen molar-refractivity contribution in [1.29, 1.82) is 0 Å². The molecule has 4 heterocycles. The number of aryl methyl sites for hydroxylation is 1. The van der Waals surface area contributed by atoms with Gasteiger partial charge in [0.1, 0.15) is 1.41 Å². The Bertz CT molecular complexity index is 882. The molecule has 0 radical (unpaired) electrons. The molecule has 6 nitrogen and oxygen atoms in total. The Labute approximate surface area is 138 Å². The minimum Gasteiger partial charge on any atom is -0.314 e. The first-order valence-corrected chi connectivity index (χ1v) is 7.00. The van der Waals surface area contributed by atoms with E-state index in [-0.39, 0.29) is 24.2 Å². The number of hydrazine groups is 1. The molecular weight excluding hydrogens is 264 g/mol.